The van der Waals surface area contributed by atoms with E-state index < -0.39 is 0 Å². The smallest absolute Gasteiger partial charge is 0.221 e. The molecule has 1 fully saturated rings. The summed E-state index contributed by atoms with van der Waals surface area (Å²) in [7, 11) is 0. The van der Waals surface area contributed by atoms with Gasteiger partial charge in [0.05, 0.1) is 13.2 Å². The van der Waals surface area contributed by atoms with Gasteiger partial charge in [0.1, 0.15) is 0 Å². The number of amides is 1. The SMILES string of the molecule is CC(C)COCCCNC(=O)CC1COCCN1. The first-order valence-corrected chi connectivity index (χ1v) is 6.84. The molecular weight excluding hydrogens is 232 g/mol. The van der Waals surface area contributed by atoms with Crippen LogP contribution in [0.5, 0.6) is 0 Å². The van der Waals surface area contributed by atoms with E-state index in [4.69, 9.17) is 9.47 Å². The predicted molar refractivity (Wildman–Crippen MR) is 70.5 cm³/mol. The summed E-state index contributed by atoms with van der Waals surface area (Å²) >= 11 is 0. The molecular formula is C13H26N2O3. The average molecular weight is 258 g/mol. The normalized spacial score (nSPS) is 20.1. The molecule has 5 heteroatoms. The van der Waals surface area contributed by atoms with Crippen LogP contribution in [0.4, 0.5) is 0 Å². The quantitative estimate of drug-likeness (QED) is 0.624. The van der Waals surface area contributed by atoms with E-state index in [1.165, 1.54) is 0 Å². The third-order valence-corrected chi connectivity index (χ3v) is 2.67. The third kappa shape index (κ3) is 7.63. The van der Waals surface area contributed by atoms with Gasteiger partial charge in [-0.2, -0.15) is 0 Å². The third-order valence-electron chi connectivity index (χ3n) is 2.67. The Bertz CT molecular complexity index is 228. The zero-order valence-electron chi connectivity index (χ0n) is 11.5. The van der Waals surface area contributed by atoms with E-state index in [2.05, 4.69) is 24.5 Å². The molecule has 1 unspecified atom stereocenters. The van der Waals surface area contributed by atoms with E-state index in [1.54, 1.807) is 0 Å². The van der Waals surface area contributed by atoms with Crippen molar-refractivity contribution in [2.75, 3.05) is 39.5 Å². The Balaban J connectivity index is 1.93. The molecule has 106 valence electrons. The molecule has 0 aliphatic carbocycles. The maximum Gasteiger partial charge on any atom is 0.221 e. The fourth-order valence-corrected chi connectivity index (χ4v) is 1.77. The standard InChI is InChI=1S/C13H26N2O3/c1-11(2)9-17-6-3-4-15-13(16)8-12-10-18-7-5-14-12/h11-12,14H,3-10H2,1-2H3,(H,15,16). The van der Waals surface area contributed by atoms with Gasteiger partial charge in [-0.1, -0.05) is 13.8 Å². The highest BCUT2D eigenvalue weighted by Crippen LogP contribution is 1.98. The molecule has 0 aromatic heterocycles. The minimum Gasteiger partial charge on any atom is -0.381 e. The summed E-state index contributed by atoms with van der Waals surface area (Å²) in [5, 5.41) is 6.17. The average Bonchev–Trinajstić information content (AvgIpc) is 2.34. The number of nitrogens with one attached hydrogen (secondary N) is 2. The summed E-state index contributed by atoms with van der Waals surface area (Å²) in [6, 6.07) is 0.163. The molecule has 2 N–H and O–H groups in total. The highest BCUT2D eigenvalue weighted by molar-refractivity contribution is 5.76. The lowest BCUT2D eigenvalue weighted by molar-refractivity contribution is -0.122. The van der Waals surface area contributed by atoms with Crippen LogP contribution in [-0.2, 0) is 14.3 Å². The lowest BCUT2D eigenvalue weighted by Crippen LogP contribution is -2.44. The molecule has 1 aliphatic heterocycles. The van der Waals surface area contributed by atoms with E-state index in [-0.39, 0.29) is 11.9 Å². The van der Waals surface area contributed by atoms with Gasteiger partial charge >= 0.3 is 0 Å². The first-order valence-electron chi connectivity index (χ1n) is 6.84. The van der Waals surface area contributed by atoms with E-state index >= 15 is 0 Å². The molecule has 0 spiro atoms. The van der Waals surface area contributed by atoms with Gasteiger partial charge in [-0.25, -0.2) is 0 Å². The van der Waals surface area contributed by atoms with Crippen LogP contribution in [-0.4, -0.2) is 51.5 Å². The first kappa shape index (κ1) is 15.4. The second-order valence-electron chi connectivity index (χ2n) is 5.10. The van der Waals surface area contributed by atoms with Crippen molar-refractivity contribution >= 4 is 5.91 Å². The highest BCUT2D eigenvalue weighted by atomic mass is 16.5. The van der Waals surface area contributed by atoms with Crippen molar-refractivity contribution in [1.29, 1.82) is 0 Å². The van der Waals surface area contributed by atoms with E-state index in [0.717, 1.165) is 26.2 Å². The van der Waals surface area contributed by atoms with Crippen molar-refractivity contribution in [2.45, 2.75) is 32.7 Å². The van der Waals surface area contributed by atoms with Crippen LogP contribution in [0.15, 0.2) is 0 Å². The zero-order chi connectivity index (χ0) is 13.2. The molecule has 1 heterocycles. The second-order valence-corrected chi connectivity index (χ2v) is 5.10. The fourth-order valence-electron chi connectivity index (χ4n) is 1.77. The molecule has 0 saturated carbocycles. The Hall–Kier alpha value is -0.650. The van der Waals surface area contributed by atoms with Crippen LogP contribution in [0.2, 0.25) is 0 Å². The summed E-state index contributed by atoms with van der Waals surface area (Å²) < 4.78 is 10.7. The Morgan fingerprint density at radius 2 is 2.39 bits per heavy atom. The number of hydrogen-bond donors (Lipinski definition) is 2. The van der Waals surface area contributed by atoms with E-state index in [1.807, 2.05) is 0 Å². The summed E-state index contributed by atoms with van der Waals surface area (Å²) in [5.41, 5.74) is 0. The van der Waals surface area contributed by atoms with Gasteiger partial charge < -0.3 is 20.1 Å². The predicted octanol–water partition coefficient (Wildman–Crippen LogP) is 0.544. The monoisotopic (exact) mass is 258 g/mol. The first-order chi connectivity index (χ1) is 8.68. The van der Waals surface area contributed by atoms with Gasteiger partial charge in [0.25, 0.3) is 0 Å². The number of carbonyl (C=O) groups is 1. The van der Waals surface area contributed by atoms with Crippen molar-refractivity contribution in [3.8, 4) is 0 Å². The van der Waals surface area contributed by atoms with Gasteiger partial charge in [0.15, 0.2) is 0 Å². The molecule has 0 aromatic rings. The Kier molecular flexibility index (Phi) is 7.96. The maximum atomic E-state index is 11.6. The summed E-state index contributed by atoms with van der Waals surface area (Å²) in [6.07, 6.45) is 1.36. The summed E-state index contributed by atoms with van der Waals surface area (Å²) in [4.78, 5) is 11.6. The van der Waals surface area contributed by atoms with Crippen molar-refractivity contribution in [1.82, 2.24) is 10.6 Å². The van der Waals surface area contributed by atoms with Crippen LogP contribution in [0, 0.1) is 5.92 Å². The highest BCUT2D eigenvalue weighted by Gasteiger charge is 2.16. The fraction of sp³-hybridized carbons (Fsp3) is 0.923. The van der Waals surface area contributed by atoms with Crippen molar-refractivity contribution in [3.63, 3.8) is 0 Å². The molecule has 0 aromatic carbocycles. The molecule has 0 radical (unpaired) electrons. The van der Waals surface area contributed by atoms with Gasteiger partial charge in [-0.05, 0) is 12.3 Å². The number of carbonyl (C=O) groups excluding carboxylic acids is 1. The number of morpholine rings is 1. The molecule has 1 saturated heterocycles. The number of hydrogen-bond acceptors (Lipinski definition) is 4. The largest absolute Gasteiger partial charge is 0.381 e. The second kappa shape index (κ2) is 9.30. The van der Waals surface area contributed by atoms with Crippen molar-refractivity contribution in [3.05, 3.63) is 0 Å². The molecule has 18 heavy (non-hydrogen) atoms. The minimum absolute atomic E-state index is 0.0851. The Labute approximate surface area is 110 Å². The number of ether oxygens (including phenoxy) is 2. The lowest BCUT2D eigenvalue weighted by atomic mass is 10.2. The van der Waals surface area contributed by atoms with Crippen LogP contribution in [0.3, 0.4) is 0 Å². The van der Waals surface area contributed by atoms with E-state index in [0.29, 0.717) is 32.1 Å². The maximum absolute atomic E-state index is 11.6. The molecule has 1 amide bonds. The molecule has 1 rings (SSSR count). The van der Waals surface area contributed by atoms with Crippen molar-refractivity contribution in [2.24, 2.45) is 5.92 Å². The van der Waals surface area contributed by atoms with Gasteiger partial charge in [0, 0.05) is 38.8 Å². The van der Waals surface area contributed by atoms with Gasteiger partial charge in [0.2, 0.25) is 5.91 Å². The lowest BCUT2D eigenvalue weighted by Gasteiger charge is -2.23. The Morgan fingerprint density at radius 3 is 3.06 bits per heavy atom. The minimum atomic E-state index is 0.0851. The molecule has 5 nitrogen and oxygen atoms in total. The summed E-state index contributed by atoms with van der Waals surface area (Å²) in [5.74, 6) is 0.652. The van der Waals surface area contributed by atoms with E-state index in [9.17, 15) is 4.79 Å². The zero-order valence-corrected chi connectivity index (χ0v) is 11.5. The van der Waals surface area contributed by atoms with Crippen LogP contribution >= 0.6 is 0 Å². The molecule has 1 aliphatic rings. The molecule has 1 atom stereocenters. The van der Waals surface area contributed by atoms with Crippen LogP contribution in [0.25, 0.3) is 0 Å². The topological polar surface area (TPSA) is 59.6 Å². The van der Waals surface area contributed by atoms with Gasteiger partial charge in [-0.15, -0.1) is 0 Å². The van der Waals surface area contributed by atoms with Crippen molar-refractivity contribution < 1.29 is 14.3 Å². The van der Waals surface area contributed by atoms with Crippen LogP contribution in [0.1, 0.15) is 26.7 Å². The van der Waals surface area contributed by atoms with Crippen LogP contribution < -0.4 is 10.6 Å². The van der Waals surface area contributed by atoms with Gasteiger partial charge in [-0.3, -0.25) is 4.79 Å². The Morgan fingerprint density at radius 1 is 1.56 bits per heavy atom. The number of rotatable bonds is 8. The summed E-state index contributed by atoms with van der Waals surface area (Å²) in [6.45, 7) is 8.64. The molecule has 0 bridgehead atoms.